The molecule has 0 unspecified atom stereocenters. The monoisotopic (exact) mass is 653 g/mol. The number of amides is 3. The summed E-state index contributed by atoms with van der Waals surface area (Å²) in [5.41, 5.74) is 5.17. The molecular weight excluding hydrogens is 626 g/mol. The SMILES string of the molecule is O=C(O)CCNC(=O)c1ccc(CN(C(=O)Nc2cc(Br)cc(Br)c2)c2ccc(C3=CCCCC3)cc2)cc1. The number of carbonyl (C=O) groups is 3. The Labute approximate surface area is 244 Å². The first-order valence-corrected chi connectivity index (χ1v) is 14.3. The highest BCUT2D eigenvalue weighted by molar-refractivity contribution is 9.11. The van der Waals surface area contributed by atoms with Gasteiger partial charge in [0.2, 0.25) is 0 Å². The lowest BCUT2D eigenvalue weighted by atomic mass is 9.93. The van der Waals surface area contributed by atoms with E-state index in [1.54, 1.807) is 29.2 Å². The van der Waals surface area contributed by atoms with Gasteiger partial charge in [-0.3, -0.25) is 14.5 Å². The van der Waals surface area contributed by atoms with Gasteiger partial charge >= 0.3 is 12.0 Å². The molecule has 3 aromatic carbocycles. The standard InChI is InChI=1S/C30H29Br2N3O4/c31-24-16-25(32)18-26(17-24)34-30(39)35(27-12-10-22(11-13-27)21-4-2-1-3-5-21)19-20-6-8-23(9-7-20)29(38)33-15-14-28(36)37/h4,6-13,16-18H,1-3,5,14-15,19H2,(H,33,38)(H,34,39)(H,36,37). The predicted octanol–water partition coefficient (Wildman–Crippen LogP) is 7.61. The Balaban J connectivity index is 1.54. The molecule has 0 saturated heterocycles. The van der Waals surface area contributed by atoms with Crippen molar-refractivity contribution in [1.29, 1.82) is 0 Å². The summed E-state index contributed by atoms with van der Waals surface area (Å²) in [6.45, 7) is 0.340. The van der Waals surface area contributed by atoms with Gasteiger partial charge in [-0.2, -0.15) is 0 Å². The molecule has 1 aliphatic carbocycles. The first kappa shape index (κ1) is 28.6. The number of benzene rings is 3. The van der Waals surface area contributed by atoms with Crippen LogP contribution in [0, 0.1) is 0 Å². The number of nitrogens with zero attached hydrogens (tertiary/aromatic N) is 1. The van der Waals surface area contributed by atoms with E-state index >= 15 is 0 Å². The van der Waals surface area contributed by atoms with Crippen LogP contribution in [0.2, 0.25) is 0 Å². The molecule has 0 spiro atoms. The van der Waals surface area contributed by atoms with Crippen LogP contribution in [0.1, 0.15) is 53.6 Å². The number of carboxylic acid groups (broad SMARTS) is 1. The molecule has 7 nitrogen and oxygen atoms in total. The number of urea groups is 1. The van der Waals surface area contributed by atoms with Crippen LogP contribution >= 0.6 is 31.9 Å². The van der Waals surface area contributed by atoms with E-state index in [2.05, 4.69) is 60.7 Å². The Morgan fingerprint density at radius 3 is 2.21 bits per heavy atom. The van der Waals surface area contributed by atoms with E-state index in [0.29, 0.717) is 11.3 Å². The van der Waals surface area contributed by atoms with E-state index < -0.39 is 5.97 Å². The lowest BCUT2D eigenvalue weighted by Gasteiger charge is -2.24. The van der Waals surface area contributed by atoms with Crippen molar-refractivity contribution in [3.8, 4) is 0 Å². The molecular formula is C30H29Br2N3O4. The average Bonchev–Trinajstić information content (AvgIpc) is 2.92. The van der Waals surface area contributed by atoms with Crippen molar-refractivity contribution in [2.24, 2.45) is 0 Å². The molecule has 0 saturated carbocycles. The van der Waals surface area contributed by atoms with Gasteiger partial charge in [0.25, 0.3) is 5.91 Å². The number of halogens is 2. The molecule has 0 radical (unpaired) electrons. The Morgan fingerprint density at radius 1 is 0.897 bits per heavy atom. The number of carbonyl (C=O) groups excluding carboxylic acids is 2. The average molecular weight is 655 g/mol. The second kappa shape index (κ2) is 13.6. The number of carboxylic acids is 1. The van der Waals surface area contributed by atoms with E-state index in [0.717, 1.165) is 33.0 Å². The van der Waals surface area contributed by atoms with Gasteiger partial charge < -0.3 is 15.7 Å². The second-order valence-corrected chi connectivity index (χ2v) is 11.1. The normalized spacial score (nSPS) is 12.8. The van der Waals surface area contributed by atoms with Crippen molar-refractivity contribution >= 4 is 66.7 Å². The summed E-state index contributed by atoms with van der Waals surface area (Å²) < 4.78 is 1.67. The molecule has 0 bridgehead atoms. The molecule has 3 amide bonds. The van der Waals surface area contributed by atoms with E-state index in [1.807, 2.05) is 30.3 Å². The third kappa shape index (κ3) is 8.28. The van der Waals surface area contributed by atoms with Crippen LogP contribution in [0.5, 0.6) is 0 Å². The zero-order chi connectivity index (χ0) is 27.8. The van der Waals surface area contributed by atoms with Crippen LogP contribution in [-0.2, 0) is 11.3 Å². The zero-order valence-electron chi connectivity index (χ0n) is 21.3. The highest BCUT2D eigenvalue weighted by Crippen LogP contribution is 2.29. The molecule has 202 valence electrons. The minimum Gasteiger partial charge on any atom is -0.481 e. The highest BCUT2D eigenvalue weighted by Gasteiger charge is 2.18. The fraction of sp³-hybridized carbons (Fsp3) is 0.233. The summed E-state index contributed by atoms with van der Waals surface area (Å²) in [6.07, 6.45) is 6.74. The first-order chi connectivity index (χ1) is 18.8. The van der Waals surface area contributed by atoms with Crippen LogP contribution in [0.25, 0.3) is 5.57 Å². The summed E-state index contributed by atoms with van der Waals surface area (Å²) >= 11 is 6.93. The van der Waals surface area contributed by atoms with Gasteiger partial charge in [0.15, 0.2) is 0 Å². The summed E-state index contributed by atoms with van der Waals surface area (Å²) in [7, 11) is 0. The number of rotatable bonds is 9. The first-order valence-electron chi connectivity index (χ1n) is 12.7. The largest absolute Gasteiger partial charge is 0.481 e. The zero-order valence-corrected chi connectivity index (χ0v) is 24.4. The van der Waals surface area contributed by atoms with E-state index in [1.165, 1.54) is 24.0 Å². The summed E-state index contributed by atoms with van der Waals surface area (Å²) in [5.74, 6) is -1.31. The van der Waals surface area contributed by atoms with Crippen LogP contribution in [0.4, 0.5) is 16.2 Å². The maximum absolute atomic E-state index is 13.5. The molecule has 39 heavy (non-hydrogen) atoms. The summed E-state index contributed by atoms with van der Waals surface area (Å²) in [5, 5.41) is 14.3. The number of allylic oxidation sites excluding steroid dienone is 2. The van der Waals surface area contributed by atoms with E-state index in [-0.39, 0.29) is 31.4 Å². The Morgan fingerprint density at radius 2 is 1.59 bits per heavy atom. The van der Waals surface area contributed by atoms with Crippen LogP contribution in [0.3, 0.4) is 0 Å². The van der Waals surface area contributed by atoms with Gasteiger partial charge in [0, 0.05) is 32.4 Å². The molecule has 0 atom stereocenters. The molecule has 0 heterocycles. The number of hydrogen-bond acceptors (Lipinski definition) is 3. The third-order valence-electron chi connectivity index (χ3n) is 6.38. The van der Waals surface area contributed by atoms with Gasteiger partial charge in [-0.05, 0) is 84.8 Å². The quantitative estimate of drug-likeness (QED) is 0.221. The lowest BCUT2D eigenvalue weighted by molar-refractivity contribution is -0.136. The smallest absolute Gasteiger partial charge is 0.326 e. The van der Waals surface area contributed by atoms with Crippen molar-refractivity contribution in [2.75, 3.05) is 16.8 Å². The molecule has 0 aromatic heterocycles. The summed E-state index contributed by atoms with van der Waals surface area (Å²) in [4.78, 5) is 38.2. The van der Waals surface area contributed by atoms with Gasteiger partial charge in [0.1, 0.15) is 0 Å². The van der Waals surface area contributed by atoms with Crippen molar-refractivity contribution in [3.05, 3.63) is 98.4 Å². The molecule has 3 aromatic rings. The van der Waals surface area contributed by atoms with E-state index in [4.69, 9.17) is 5.11 Å². The van der Waals surface area contributed by atoms with Crippen molar-refractivity contribution in [3.63, 3.8) is 0 Å². The maximum atomic E-state index is 13.5. The van der Waals surface area contributed by atoms with Crippen molar-refractivity contribution in [1.82, 2.24) is 5.32 Å². The number of anilines is 2. The predicted molar refractivity (Wildman–Crippen MR) is 161 cm³/mol. The van der Waals surface area contributed by atoms with Crippen LogP contribution < -0.4 is 15.5 Å². The topological polar surface area (TPSA) is 98.7 Å². The molecule has 0 fully saturated rings. The summed E-state index contributed by atoms with van der Waals surface area (Å²) in [6, 6.07) is 20.3. The number of nitrogens with one attached hydrogen (secondary N) is 2. The van der Waals surface area contributed by atoms with Crippen molar-refractivity contribution in [2.45, 2.75) is 38.6 Å². The van der Waals surface area contributed by atoms with E-state index in [9.17, 15) is 14.4 Å². The minimum absolute atomic E-state index is 0.0580. The maximum Gasteiger partial charge on any atom is 0.326 e. The number of hydrogen-bond donors (Lipinski definition) is 3. The van der Waals surface area contributed by atoms with Gasteiger partial charge in [-0.1, -0.05) is 62.2 Å². The van der Waals surface area contributed by atoms with Crippen LogP contribution in [0.15, 0.2) is 81.8 Å². The molecule has 9 heteroatoms. The van der Waals surface area contributed by atoms with Gasteiger partial charge in [-0.15, -0.1) is 0 Å². The third-order valence-corrected chi connectivity index (χ3v) is 7.30. The van der Waals surface area contributed by atoms with Crippen LogP contribution in [-0.4, -0.2) is 29.6 Å². The Hall–Kier alpha value is -3.43. The fourth-order valence-corrected chi connectivity index (χ4v) is 5.68. The molecule has 4 rings (SSSR count). The van der Waals surface area contributed by atoms with Crippen molar-refractivity contribution < 1.29 is 19.5 Å². The highest BCUT2D eigenvalue weighted by atomic mass is 79.9. The van der Waals surface area contributed by atoms with Gasteiger partial charge in [-0.25, -0.2) is 4.79 Å². The second-order valence-electron chi connectivity index (χ2n) is 9.29. The van der Waals surface area contributed by atoms with Gasteiger partial charge in [0.05, 0.1) is 13.0 Å². The fourth-order valence-electron chi connectivity index (χ4n) is 4.38. The Kier molecular flexibility index (Phi) is 9.95. The molecule has 1 aliphatic rings. The lowest BCUT2D eigenvalue weighted by Crippen LogP contribution is -2.34. The number of aliphatic carboxylic acids is 1. The molecule has 3 N–H and O–H groups in total. The Bertz CT molecular complexity index is 1350. The minimum atomic E-state index is -0.970. The molecule has 0 aliphatic heterocycles.